The van der Waals surface area contributed by atoms with Crippen LogP contribution in [0.25, 0.3) is 52.5 Å². The number of hydrogen-bond donors (Lipinski definition) is 1. The van der Waals surface area contributed by atoms with Gasteiger partial charge in [0, 0.05) is 0 Å². The van der Waals surface area contributed by atoms with Gasteiger partial charge in [-0.15, -0.1) is 0 Å². The highest BCUT2D eigenvalue weighted by Gasteiger charge is 2.28. The fourth-order valence-corrected chi connectivity index (χ4v) is 8.05. The minimum absolute atomic E-state index is 0. The molecule has 10 heteroatoms. The van der Waals surface area contributed by atoms with Crippen LogP contribution in [0.15, 0.2) is 189 Å². The zero-order chi connectivity index (χ0) is 40.6. The molecule has 58 heavy (non-hydrogen) atoms. The first kappa shape index (κ1) is 42.0. The molecule has 0 atom stereocenters. The minimum Gasteiger partial charge on any atom is -0.775 e. The molecule has 0 spiro atoms. The van der Waals surface area contributed by atoms with Gasteiger partial charge in [0.2, 0.25) is 11.4 Å². The first-order chi connectivity index (χ1) is 28.0. The largest absolute Gasteiger partial charge is 0.775 e. The van der Waals surface area contributed by atoms with E-state index in [2.05, 4.69) is 110 Å². The summed E-state index contributed by atoms with van der Waals surface area (Å²) in [5.41, 5.74) is 4.58. The summed E-state index contributed by atoms with van der Waals surface area (Å²) in [7, 11) is -0.0146. The van der Waals surface area contributed by atoms with E-state index in [0.717, 1.165) is 0 Å². The summed E-state index contributed by atoms with van der Waals surface area (Å²) in [5, 5.41) is 35.9. The van der Waals surface area contributed by atoms with Crippen LogP contribution in [0, 0.1) is 49.0 Å². The van der Waals surface area contributed by atoms with Gasteiger partial charge >= 0.3 is 0 Å². The van der Waals surface area contributed by atoms with Gasteiger partial charge in [-0.25, -0.2) is 29.9 Å². The summed E-state index contributed by atoms with van der Waals surface area (Å²) >= 11 is 0. The Kier molecular flexibility index (Phi) is 14.9. The summed E-state index contributed by atoms with van der Waals surface area (Å²) in [6.07, 6.45) is 3.13. The molecular weight excluding hydrogens is 735 g/mol. The smallest absolute Gasteiger partial charge is 0.269 e. The van der Waals surface area contributed by atoms with Crippen LogP contribution in [0.1, 0.15) is 22.3 Å². The summed E-state index contributed by atoms with van der Waals surface area (Å²) in [4.78, 5) is 16.8. The molecule has 5 aromatic rings. The lowest BCUT2D eigenvalue weighted by Gasteiger charge is -2.07. The summed E-state index contributed by atoms with van der Waals surface area (Å²) in [6.45, 7) is 28.0. The maximum absolute atomic E-state index is 8.97. The van der Waals surface area contributed by atoms with Gasteiger partial charge in [-0.3, -0.25) is 11.7 Å². The fourth-order valence-electron chi connectivity index (χ4n) is 5.95. The quantitative estimate of drug-likeness (QED) is 0.0822. The number of rotatable bonds is 5. The SMILES string of the molecule is [C-]#[N+]C(=C=[N-])C1=C/C(=C(\C#N)[N+]#[C-])c2ccccc21.[C-]#[N+]C(=C=[N-])C1=C/C(=C(\C#N)[N+]#[C-])c2ccccc21.[NH4+].c1ccc([S+](c2ccccc2)c2ccccc2)cc1. The van der Waals surface area contributed by atoms with E-state index >= 15 is 0 Å². The molecule has 0 saturated carbocycles. The average molecular weight is 764 g/mol. The van der Waals surface area contributed by atoms with Crippen molar-refractivity contribution in [1.82, 2.24) is 6.15 Å². The number of allylic oxidation sites excluding steroid dienone is 8. The second-order valence-corrected chi connectivity index (χ2v) is 13.6. The zero-order valence-corrected chi connectivity index (χ0v) is 31.7. The lowest BCUT2D eigenvalue weighted by molar-refractivity contribution is 1.32. The molecule has 0 amide bonds. The molecule has 0 saturated heterocycles. The average Bonchev–Trinajstić information content (AvgIpc) is 3.84. The van der Waals surface area contributed by atoms with Gasteiger partial charge in [0.15, 0.2) is 14.7 Å². The topological polar surface area (TPSA) is 146 Å². The molecule has 4 N–H and O–H groups in total. The van der Waals surface area contributed by atoms with Gasteiger partial charge < -0.3 is 17.0 Å². The molecule has 0 unspecified atom stereocenters. The maximum atomic E-state index is 8.97. The Morgan fingerprint density at radius 1 is 0.448 bits per heavy atom. The summed E-state index contributed by atoms with van der Waals surface area (Å²) in [6, 6.07) is 50.1. The van der Waals surface area contributed by atoms with Crippen LogP contribution in [-0.2, 0) is 10.9 Å². The van der Waals surface area contributed by atoms with E-state index in [1.165, 1.54) is 14.7 Å². The Bertz CT molecular complexity index is 2590. The lowest BCUT2D eigenvalue weighted by Crippen LogP contribution is -2.04. The molecule has 5 aromatic carbocycles. The third-order valence-electron chi connectivity index (χ3n) is 8.42. The van der Waals surface area contributed by atoms with Crippen molar-refractivity contribution < 1.29 is 0 Å². The molecule has 0 aliphatic heterocycles. The molecule has 0 radical (unpaired) electrons. The molecule has 0 bridgehead atoms. The first-order valence-corrected chi connectivity index (χ1v) is 18.1. The second-order valence-electron chi connectivity index (χ2n) is 11.6. The molecular formula is C48H29N9S. The van der Waals surface area contributed by atoms with E-state index in [-0.39, 0.29) is 39.8 Å². The predicted octanol–water partition coefficient (Wildman–Crippen LogP) is 11.7. The molecule has 0 heterocycles. The van der Waals surface area contributed by atoms with Crippen molar-refractivity contribution in [3.63, 3.8) is 0 Å². The third-order valence-corrected chi connectivity index (χ3v) is 10.7. The van der Waals surface area contributed by atoms with Crippen molar-refractivity contribution in [2.75, 3.05) is 0 Å². The van der Waals surface area contributed by atoms with Crippen LogP contribution in [0.3, 0.4) is 0 Å². The number of benzene rings is 5. The number of quaternary nitrogens is 1. The number of nitriles is 2. The zero-order valence-electron chi connectivity index (χ0n) is 30.9. The van der Waals surface area contributed by atoms with Crippen LogP contribution in [0.2, 0.25) is 0 Å². The van der Waals surface area contributed by atoms with Crippen LogP contribution < -0.4 is 6.15 Å². The number of nitrogens with zero attached hydrogens (tertiary/aromatic N) is 8. The molecule has 0 fully saturated rings. The van der Waals surface area contributed by atoms with E-state index in [1.807, 2.05) is 23.9 Å². The highest BCUT2D eigenvalue weighted by atomic mass is 32.2. The molecule has 7 rings (SSSR count). The molecule has 2 aliphatic carbocycles. The lowest BCUT2D eigenvalue weighted by atomic mass is 10.0. The van der Waals surface area contributed by atoms with Gasteiger partial charge in [0.05, 0.1) is 49.3 Å². The monoisotopic (exact) mass is 763 g/mol. The van der Waals surface area contributed by atoms with Gasteiger partial charge in [-0.05, 0) is 80.9 Å². The van der Waals surface area contributed by atoms with Crippen molar-refractivity contribution in [2.24, 2.45) is 0 Å². The Labute approximate surface area is 340 Å². The van der Waals surface area contributed by atoms with Crippen molar-refractivity contribution in [3.05, 3.63) is 253 Å². The summed E-state index contributed by atoms with van der Waals surface area (Å²) in [5.74, 6) is 3.68. The maximum Gasteiger partial charge on any atom is 0.269 e. The van der Waals surface area contributed by atoms with Crippen LogP contribution in [0.5, 0.6) is 0 Å². The van der Waals surface area contributed by atoms with Gasteiger partial charge in [-0.2, -0.15) is 0 Å². The Morgan fingerprint density at radius 2 is 0.741 bits per heavy atom. The normalized spacial score (nSPS) is 12.7. The molecule has 0 aromatic heterocycles. The van der Waals surface area contributed by atoms with E-state index in [1.54, 1.807) is 60.7 Å². The van der Waals surface area contributed by atoms with Crippen LogP contribution >= 0.6 is 0 Å². The van der Waals surface area contributed by atoms with Crippen molar-refractivity contribution in [3.8, 4) is 12.1 Å². The highest BCUT2D eigenvalue weighted by Crippen LogP contribution is 2.41. The Hall–Kier alpha value is -8.79. The van der Waals surface area contributed by atoms with Crippen LogP contribution in [-0.4, -0.2) is 11.7 Å². The Balaban J connectivity index is 0.000000191. The molecule has 272 valence electrons. The van der Waals surface area contributed by atoms with Gasteiger partial charge in [0.1, 0.15) is 0 Å². The second kappa shape index (κ2) is 20.6. The predicted molar refractivity (Wildman–Crippen MR) is 232 cm³/mol. The van der Waals surface area contributed by atoms with E-state index in [0.29, 0.717) is 44.5 Å². The molecule has 9 nitrogen and oxygen atoms in total. The highest BCUT2D eigenvalue weighted by molar-refractivity contribution is 7.97. The van der Waals surface area contributed by atoms with Crippen molar-refractivity contribution >= 4 is 44.9 Å². The van der Waals surface area contributed by atoms with Crippen molar-refractivity contribution in [2.45, 2.75) is 14.7 Å². The first-order valence-electron chi connectivity index (χ1n) is 16.8. The third kappa shape index (κ3) is 9.11. The molecule has 2 aliphatic rings. The van der Waals surface area contributed by atoms with Crippen molar-refractivity contribution in [1.29, 1.82) is 10.5 Å². The van der Waals surface area contributed by atoms with Gasteiger partial charge in [-0.1, -0.05) is 115 Å². The summed E-state index contributed by atoms with van der Waals surface area (Å²) < 4.78 is 0. The minimum atomic E-state index is -0.0373. The van der Waals surface area contributed by atoms with Crippen LogP contribution in [0.4, 0.5) is 0 Å². The number of fused-ring (bicyclic) bond motifs is 2. The standard InChI is InChI=1S/C18H15S.2C15H5N4.H3N/c1-4-10-16(11-5-1)19(17-12-6-2-7-13-17)18-14-8-3-9-15-18;2*1-18-14(8-16)12-7-13(15(9-17)19-2)11-6-4-3-5-10(11)12;/h1-15H;2*3-7H;1H3/q+1;2*-1;/p+1/b;2*14-12-;. The van der Waals surface area contributed by atoms with Gasteiger partial charge in [0.25, 0.3) is 11.4 Å². The number of hydrogen-bond acceptors (Lipinski definition) is 2. The van der Waals surface area contributed by atoms with E-state index < -0.39 is 0 Å². The van der Waals surface area contributed by atoms with E-state index in [9.17, 15) is 0 Å². The Morgan fingerprint density at radius 3 is 1.00 bits per heavy atom. The van der Waals surface area contributed by atoms with E-state index in [4.69, 9.17) is 47.6 Å². The fraction of sp³-hybridized carbons (Fsp3) is 0.